The number of amides is 2. The highest BCUT2D eigenvalue weighted by molar-refractivity contribution is 6.30. The molecule has 3 fully saturated rings. The summed E-state index contributed by atoms with van der Waals surface area (Å²) in [5.41, 5.74) is -6.72. The van der Waals surface area contributed by atoms with Gasteiger partial charge in [-0.15, -0.1) is 0 Å². The fourth-order valence-corrected chi connectivity index (χ4v) is 8.56. The van der Waals surface area contributed by atoms with Gasteiger partial charge in [-0.2, -0.15) is 26.3 Å². The van der Waals surface area contributed by atoms with Crippen molar-refractivity contribution in [1.29, 1.82) is 0 Å². The maximum Gasteiger partial charge on any atom is 0.424 e. The van der Waals surface area contributed by atoms with E-state index in [0.29, 0.717) is 31.4 Å². The molecule has 11 heteroatoms. The number of carbonyl (C=O) groups is 2. The lowest BCUT2D eigenvalue weighted by atomic mass is 9.48. The van der Waals surface area contributed by atoms with E-state index in [9.17, 15) is 35.9 Å². The Morgan fingerprint density at radius 3 is 2.21 bits per heavy atom. The van der Waals surface area contributed by atoms with Gasteiger partial charge in [-0.25, -0.2) is 0 Å². The van der Waals surface area contributed by atoms with Crippen molar-refractivity contribution in [1.82, 2.24) is 10.6 Å². The monoisotopic (exact) mass is 576 g/mol. The molecule has 1 aromatic rings. The molecule has 214 valence electrons. The van der Waals surface area contributed by atoms with Crippen LogP contribution < -0.4 is 10.6 Å². The molecule has 1 aliphatic heterocycles. The Morgan fingerprint density at radius 2 is 1.59 bits per heavy atom. The summed E-state index contributed by atoms with van der Waals surface area (Å²) in [4.78, 5) is 25.5. The number of alkyl halides is 6. The number of hydrogen-bond donors (Lipinski definition) is 2. The van der Waals surface area contributed by atoms with Gasteiger partial charge in [0.05, 0.1) is 0 Å². The summed E-state index contributed by atoms with van der Waals surface area (Å²) < 4.78 is 86.3. The highest BCUT2D eigenvalue weighted by Gasteiger charge is 2.73. The largest absolute Gasteiger partial charge is 0.424 e. The molecule has 3 saturated carbocycles. The van der Waals surface area contributed by atoms with E-state index in [1.54, 1.807) is 6.08 Å². The van der Waals surface area contributed by atoms with Gasteiger partial charge in [0.15, 0.2) is 0 Å². The van der Waals surface area contributed by atoms with Gasteiger partial charge in [0, 0.05) is 22.4 Å². The summed E-state index contributed by atoms with van der Waals surface area (Å²) in [6.45, 7) is 3.96. The lowest BCUT2D eigenvalue weighted by molar-refractivity contribution is -0.312. The quantitative estimate of drug-likeness (QED) is 0.394. The Bertz CT molecular complexity index is 1170. The van der Waals surface area contributed by atoms with Crippen molar-refractivity contribution in [3.05, 3.63) is 47.0 Å². The SMILES string of the molecule is C[C@]12C=CC(=O)NC1CC[C@@H]1[C@H]2CC[C@]2(C)C(C(=O)NC(c3ccc(Cl)cc3)(C(F)(F)F)C(F)(F)F)CC[C@@H]12. The van der Waals surface area contributed by atoms with Crippen LogP contribution in [0.3, 0.4) is 0 Å². The van der Waals surface area contributed by atoms with Crippen LogP contribution >= 0.6 is 11.6 Å². The molecule has 2 N–H and O–H groups in total. The topological polar surface area (TPSA) is 58.2 Å². The number of fused-ring (bicyclic) bond motifs is 5. The molecule has 1 heterocycles. The summed E-state index contributed by atoms with van der Waals surface area (Å²) in [6.07, 6.45) is -4.72. The van der Waals surface area contributed by atoms with E-state index < -0.39 is 40.7 Å². The van der Waals surface area contributed by atoms with Crippen molar-refractivity contribution in [3.8, 4) is 0 Å². The zero-order valence-corrected chi connectivity index (χ0v) is 22.3. The molecule has 5 rings (SSSR count). The van der Waals surface area contributed by atoms with Crippen molar-refractivity contribution in [2.45, 2.75) is 76.3 Å². The van der Waals surface area contributed by atoms with Gasteiger partial charge in [0.1, 0.15) is 0 Å². The van der Waals surface area contributed by atoms with Crippen molar-refractivity contribution >= 4 is 23.4 Å². The van der Waals surface area contributed by atoms with Crippen molar-refractivity contribution in [2.24, 2.45) is 34.5 Å². The van der Waals surface area contributed by atoms with Crippen LogP contribution in [-0.4, -0.2) is 30.2 Å². The molecule has 0 spiro atoms. The van der Waals surface area contributed by atoms with E-state index >= 15 is 0 Å². The average Bonchev–Trinajstić information content (AvgIpc) is 3.19. The van der Waals surface area contributed by atoms with E-state index in [-0.39, 0.29) is 46.6 Å². The van der Waals surface area contributed by atoms with Crippen molar-refractivity contribution in [2.75, 3.05) is 0 Å². The molecule has 7 atom stereocenters. The molecule has 0 aromatic heterocycles. The number of benzene rings is 1. The second-order valence-electron chi connectivity index (χ2n) is 12.1. The van der Waals surface area contributed by atoms with E-state index in [1.165, 1.54) is 5.32 Å². The highest BCUT2D eigenvalue weighted by atomic mass is 35.5. The first-order valence-electron chi connectivity index (χ1n) is 13.3. The number of nitrogens with one attached hydrogen (secondary N) is 2. The molecule has 1 aromatic carbocycles. The fourth-order valence-electron chi connectivity index (χ4n) is 8.44. The Morgan fingerprint density at radius 1 is 0.949 bits per heavy atom. The van der Waals surface area contributed by atoms with Gasteiger partial charge < -0.3 is 10.6 Å². The van der Waals surface area contributed by atoms with Gasteiger partial charge in [-0.3, -0.25) is 9.59 Å². The van der Waals surface area contributed by atoms with Crippen LogP contribution in [0.5, 0.6) is 0 Å². The fraction of sp³-hybridized carbons (Fsp3) is 0.643. The van der Waals surface area contributed by atoms with Gasteiger partial charge in [-0.1, -0.05) is 43.7 Å². The predicted octanol–water partition coefficient (Wildman–Crippen LogP) is 6.69. The minimum absolute atomic E-state index is 0.0142. The summed E-state index contributed by atoms with van der Waals surface area (Å²) in [7, 11) is 0. The number of rotatable bonds is 3. The summed E-state index contributed by atoms with van der Waals surface area (Å²) in [6, 6.07) is 3.19. The van der Waals surface area contributed by atoms with Crippen LogP contribution in [0.15, 0.2) is 36.4 Å². The molecule has 4 aliphatic rings. The van der Waals surface area contributed by atoms with Gasteiger partial charge >= 0.3 is 12.4 Å². The van der Waals surface area contributed by atoms with Crippen LogP contribution in [0.2, 0.25) is 5.02 Å². The molecule has 4 nitrogen and oxygen atoms in total. The van der Waals surface area contributed by atoms with Crippen LogP contribution in [0, 0.1) is 34.5 Å². The third-order valence-electron chi connectivity index (χ3n) is 10.4. The van der Waals surface area contributed by atoms with Gasteiger partial charge in [0.25, 0.3) is 5.54 Å². The van der Waals surface area contributed by atoms with Crippen LogP contribution in [0.1, 0.15) is 57.9 Å². The van der Waals surface area contributed by atoms with Crippen molar-refractivity contribution < 1.29 is 35.9 Å². The maximum absolute atomic E-state index is 14.4. The Hall–Kier alpha value is -2.23. The van der Waals surface area contributed by atoms with E-state index in [2.05, 4.69) is 12.2 Å². The summed E-state index contributed by atoms with van der Waals surface area (Å²) in [5.74, 6) is -2.01. The molecule has 0 saturated heterocycles. The van der Waals surface area contributed by atoms with Gasteiger partial charge in [-0.05, 0) is 85.5 Å². The van der Waals surface area contributed by atoms with Crippen LogP contribution in [0.4, 0.5) is 26.3 Å². The Kier molecular flexibility index (Phi) is 6.64. The molecule has 0 radical (unpaired) electrons. The molecule has 3 aliphatic carbocycles. The summed E-state index contributed by atoms with van der Waals surface area (Å²) in [5, 5.41) is 4.51. The Labute approximate surface area is 227 Å². The lowest BCUT2D eigenvalue weighted by Gasteiger charge is -2.58. The standard InChI is InChI=1S/C28H31ClF6N2O2/c1-24-13-11-19-17(7-10-21-25(19,2)14-12-22(38)36-21)18(24)8-9-20(24)23(39)37-26(27(30,31)32,28(33,34)35)15-3-5-16(29)6-4-15/h3-6,12,14,17-21H,7-11,13H2,1-2H3,(H,36,38)(H,37,39)/t17-,18-,19+,20?,21?,24-,25+/m0/s1. The van der Waals surface area contributed by atoms with Crippen molar-refractivity contribution in [3.63, 3.8) is 0 Å². The first-order valence-corrected chi connectivity index (χ1v) is 13.6. The van der Waals surface area contributed by atoms with E-state index in [0.717, 1.165) is 25.0 Å². The molecular weight excluding hydrogens is 546 g/mol. The second-order valence-corrected chi connectivity index (χ2v) is 12.6. The molecular formula is C28H31ClF6N2O2. The minimum atomic E-state index is -5.85. The van der Waals surface area contributed by atoms with Crippen LogP contribution in [0.25, 0.3) is 0 Å². The Balaban J connectivity index is 1.46. The normalized spacial score (nSPS) is 36.4. The zero-order chi connectivity index (χ0) is 28.6. The first-order chi connectivity index (χ1) is 18.0. The lowest BCUT2D eigenvalue weighted by Crippen LogP contribution is -2.66. The third-order valence-corrected chi connectivity index (χ3v) is 10.7. The minimum Gasteiger partial charge on any atom is -0.349 e. The van der Waals surface area contributed by atoms with E-state index in [4.69, 9.17) is 11.6 Å². The first kappa shape index (κ1) is 28.3. The number of halogens is 7. The third kappa shape index (κ3) is 4.18. The van der Waals surface area contributed by atoms with Gasteiger partial charge in [0.2, 0.25) is 11.8 Å². The van der Waals surface area contributed by atoms with Crippen LogP contribution in [-0.2, 0) is 15.1 Å². The second kappa shape index (κ2) is 9.14. The molecule has 2 unspecified atom stereocenters. The predicted molar refractivity (Wildman–Crippen MR) is 132 cm³/mol. The molecule has 2 amide bonds. The molecule has 39 heavy (non-hydrogen) atoms. The number of carbonyl (C=O) groups excluding carboxylic acids is 2. The maximum atomic E-state index is 14.4. The smallest absolute Gasteiger partial charge is 0.349 e. The highest BCUT2D eigenvalue weighted by Crippen LogP contribution is 2.65. The van der Waals surface area contributed by atoms with E-state index in [1.807, 2.05) is 13.0 Å². The number of hydrogen-bond acceptors (Lipinski definition) is 2. The zero-order valence-electron chi connectivity index (χ0n) is 21.6. The molecule has 0 bridgehead atoms. The summed E-state index contributed by atoms with van der Waals surface area (Å²) >= 11 is 5.74. The average molecular weight is 577 g/mol.